The molecule has 4 heteroatoms. The number of unbranched alkanes of at least 4 members (excludes halogenated alkanes) is 14. The summed E-state index contributed by atoms with van der Waals surface area (Å²) in [6, 6.07) is 8.01. The molecule has 174 valence electrons. The van der Waals surface area contributed by atoms with Crippen molar-refractivity contribution in [1.29, 1.82) is 0 Å². The monoisotopic (exact) mass is 422 g/mol. The molecule has 0 saturated carbocycles. The normalized spacial score (nSPS) is 11.0. The van der Waals surface area contributed by atoms with Crippen molar-refractivity contribution >= 4 is 0 Å². The summed E-state index contributed by atoms with van der Waals surface area (Å²) in [5.74, 6) is 1.85. The van der Waals surface area contributed by atoms with Crippen molar-refractivity contribution < 1.29 is 19.7 Å². The van der Waals surface area contributed by atoms with E-state index in [9.17, 15) is 0 Å². The van der Waals surface area contributed by atoms with Gasteiger partial charge in [0.2, 0.25) is 0 Å². The van der Waals surface area contributed by atoms with Crippen LogP contribution in [0.25, 0.3) is 0 Å². The predicted molar refractivity (Wildman–Crippen MR) is 125 cm³/mol. The quantitative estimate of drug-likeness (QED) is 0.205. The van der Waals surface area contributed by atoms with Gasteiger partial charge in [0, 0.05) is 13.2 Å². The van der Waals surface area contributed by atoms with Crippen molar-refractivity contribution in [3.63, 3.8) is 0 Å². The molecule has 30 heavy (non-hydrogen) atoms. The molecule has 2 N–H and O–H groups in total. The molecular weight excluding hydrogens is 376 g/mol. The number of aliphatic hydroxyl groups excluding tert-OH is 2. The summed E-state index contributed by atoms with van der Waals surface area (Å²) < 4.78 is 11.7. The molecule has 4 nitrogen and oxygen atoms in total. The summed E-state index contributed by atoms with van der Waals surface area (Å²) in [6.45, 7) is 2.23. The molecule has 0 fully saturated rings. The van der Waals surface area contributed by atoms with E-state index in [1.165, 1.54) is 64.2 Å². The smallest absolute Gasteiger partial charge is 0.119 e. The highest BCUT2D eigenvalue weighted by Gasteiger charge is 1.98. The molecule has 0 unspecified atom stereocenters. The van der Waals surface area contributed by atoms with Crippen LogP contribution in [0.3, 0.4) is 0 Å². The van der Waals surface area contributed by atoms with Crippen LogP contribution >= 0.6 is 0 Å². The number of aliphatic hydroxyl groups is 2. The Bertz CT molecular complexity index is 418. The first-order chi connectivity index (χ1) is 14.9. The largest absolute Gasteiger partial charge is 0.494 e. The zero-order valence-electron chi connectivity index (χ0n) is 19.2. The minimum Gasteiger partial charge on any atom is -0.494 e. The third-order valence-electron chi connectivity index (χ3n) is 5.47. The average Bonchev–Trinajstić information content (AvgIpc) is 2.77. The molecule has 0 saturated heterocycles. The second kappa shape index (κ2) is 21.0. The molecule has 0 aliphatic heterocycles. The third-order valence-corrected chi connectivity index (χ3v) is 5.47. The molecular formula is C26H46O4. The van der Waals surface area contributed by atoms with E-state index >= 15 is 0 Å². The highest BCUT2D eigenvalue weighted by molar-refractivity contribution is 5.31. The Balaban J connectivity index is 1.92. The van der Waals surface area contributed by atoms with E-state index in [4.69, 9.17) is 19.7 Å². The second-order valence-corrected chi connectivity index (χ2v) is 8.27. The molecule has 0 heterocycles. The summed E-state index contributed by atoms with van der Waals surface area (Å²) in [4.78, 5) is 0. The minimum atomic E-state index is 0.332. The number of benzene rings is 1. The first-order valence-corrected chi connectivity index (χ1v) is 12.4. The lowest BCUT2D eigenvalue weighted by molar-refractivity contribution is 0.281. The summed E-state index contributed by atoms with van der Waals surface area (Å²) in [7, 11) is 0. The van der Waals surface area contributed by atoms with Gasteiger partial charge in [-0.3, -0.25) is 0 Å². The highest BCUT2D eigenvalue weighted by atomic mass is 16.5. The van der Waals surface area contributed by atoms with Gasteiger partial charge in [-0.2, -0.15) is 0 Å². The van der Waals surface area contributed by atoms with Crippen LogP contribution in [0.4, 0.5) is 0 Å². The fraction of sp³-hybridized carbons (Fsp3) is 0.769. The van der Waals surface area contributed by atoms with E-state index in [1.54, 1.807) is 0 Å². The number of ether oxygens (including phenoxy) is 2. The van der Waals surface area contributed by atoms with E-state index < -0.39 is 0 Å². The van der Waals surface area contributed by atoms with Crippen LogP contribution in [0, 0.1) is 0 Å². The molecule has 1 aromatic rings. The van der Waals surface area contributed by atoms with E-state index in [-0.39, 0.29) is 0 Å². The maximum absolute atomic E-state index is 8.75. The summed E-state index contributed by atoms with van der Waals surface area (Å²) in [5.41, 5.74) is 0. The van der Waals surface area contributed by atoms with Gasteiger partial charge in [0.1, 0.15) is 11.5 Å². The van der Waals surface area contributed by atoms with Gasteiger partial charge in [0.05, 0.1) is 13.2 Å². The van der Waals surface area contributed by atoms with E-state index in [1.807, 2.05) is 24.3 Å². The highest BCUT2D eigenvalue weighted by Crippen LogP contribution is 2.19. The van der Waals surface area contributed by atoms with Gasteiger partial charge in [0.15, 0.2) is 0 Å². The van der Waals surface area contributed by atoms with E-state index in [0.29, 0.717) is 13.2 Å². The van der Waals surface area contributed by atoms with Gasteiger partial charge < -0.3 is 19.7 Å². The lowest BCUT2D eigenvalue weighted by Gasteiger charge is -2.09. The third kappa shape index (κ3) is 16.5. The molecule has 0 aliphatic rings. The zero-order valence-corrected chi connectivity index (χ0v) is 19.2. The van der Waals surface area contributed by atoms with Crippen LogP contribution in [0.5, 0.6) is 11.5 Å². The molecule has 0 aliphatic carbocycles. The Kier molecular flexibility index (Phi) is 18.7. The maximum Gasteiger partial charge on any atom is 0.119 e. The van der Waals surface area contributed by atoms with Crippen LogP contribution in [0.15, 0.2) is 24.3 Å². The molecule has 1 aromatic carbocycles. The lowest BCUT2D eigenvalue weighted by atomic mass is 10.1. The van der Waals surface area contributed by atoms with Gasteiger partial charge in [-0.25, -0.2) is 0 Å². The Morgan fingerprint density at radius 3 is 0.967 bits per heavy atom. The van der Waals surface area contributed by atoms with Gasteiger partial charge in [0.25, 0.3) is 0 Å². The van der Waals surface area contributed by atoms with Crippen LogP contribution in [-0.2, 0) is 0 Å². The van der Waals surface area contributed by atoms with Crippen LogP contribution < -0.4 is 9.47 Å². The molecule has 0 bridgehead atoms. The van der Waals surface area contributed by atoms with Crippen molar-refractivity contribution in [1.82, 2.24) is 0 Å². The second-order valence-electron chi connectivity index (χ2n) is 8.27. The van der Waals surface area contributed by atoms with Crippen LogP contribution in [0.1, 0.15) is 103 Å². The number of hydrogen-bond donors (Lipinski definition) is 2. The van der Waals surface area contributed by atoms with Crippen LogP contribution in [-0.4, -0.2) is 36.6 Å². The Morgan fingerprint density at radius 1 is 0.400 bits per heavy atom. The average molecular weight is 423 g/mol. The van der Waals surface area contributed by atoms with Gasteiger partial charge in [-0.05, 0) is 49.9 Å². The molecule has 1 rings (SSSR count). The lowest BCUT2D eigenvalue weighted by Crippen LogP contribution is -1.99. The van der Waals surface area contributed by atoms with Crippen molar-refractivity contribution in [3.05, 3.63) is 24.3 Å². The molecule has 0 aromatic heterocycles. The SMILES string of the molecule is OCCCCCCCCCCOc1ccc(OCCCCCCCCCCO)cc1. The zero-order chi connectivity index (χ0) is 21.5. The van der Waals surface area contributed by atoms with E-state index in [0.717, 1.165) is 63.2 Å². The molecule has 0 spiro atoms. The number of hydrogen-bond acceptors (Lipinski definition) is 4. The fourth-order valence-electron chi connectivity index (χ4n) is 3.56. The first-order valence-electron chi connectivity index (χ1n) is 12.4. The minimum absolute atomic E-state index is 0.332. The standard InChI is InChI=1S/C26H46O4/c27-21-13-9-5-1-3-7-11-15-23-29-25-17-19-26(20-18-25)30-24-16-12-8-4-2-6-10-14-22-28/h17-20,27-28H,1-16,21-24H2. The van der Waals surface area contributed by atoms with Crippen molar-refractivity contribution in [2.24, 2.45) is 0 Å². The predicted octanol–water partition coefficient (Wildman–Crippen LogP) is 6.67. The number of rotatable bonds is 22. The van der Waals surface area contributed by atoms with Gasteiger partial charge >= 0.3 is 0 Å². The Labute approximate surface area is 185 Å². The Hall–Kier alpha value is -1.26. The van der Waals surface area contributed by atoms with Gasteiger partial charge in [-0.1, -0.05) is 77.0 Å². The topological polar surface area (TPSA) is 58.9 Å². The first kappa shape index (κ1) is 26.8. The summed E-state index contributed by atoms with van der Waals surface area (Å²) >= 11 is 0. The Morgan fingerprint density at radius 2 is 0.667 bits per heavy atom. The van der Waals surface area contributed by atoms with Crippen molar-refractivity contribution in [3.8, 4) is 11.5 Å². The molecule has 0 radical (unpaired) electrons. The summed E-state index contributed by atoms with van der Waals surface area (Å²) in [6.07, 6.45) is 19.1. The van der Waals surface area contributed by atoms with Crippen molar-refractivity contribution in [2.45, 2.75) is 103 Å². The molecule has 0 amide bonds. The fourth-order valence-corrected chi connectivity index (χ4v) is 3.56. The van der Waals surface area contributed by atoms with Crippen LogP contribution in [0.2, 0.25) is 0 Å². The van der Waals surface area contributed by atoms with Gasteiger partial charge in [-0.15, -0.1) is 0 Å². The maximum atomic E-state index is 8.75. The van der Waals surface area contributed by atoms with Crippen molar-refractivity contribution in [2.75, 3.05) is 26.4 Å². The summed E-state index contributed by atoms with van der Waals surface area (Å²) in [5, 5.41) is 17.5. The van der Waals surface area contributed by atoms with E-state index in [2.05, 4.69) is 0 Å². The molecule has 0 atom stereocenters.